The quantitative estimate of drug-likeness (QED) is 0.572. The minimum Gasteiger partial charge on any atom is -0.468 e. The van der Waals surface area contributed by atoms with E-state index in [0.29, 0.717) is 18.2 Å². The Morgan fingerprint density at radius 2 is 2.29 bits per heavy atom. The molecule has 0 radical (unpaired) electrons. The van der Waals surface area contributed by atoms with Gasteiger partial charge in [0.2, 0.25) is 0 Å². The summed E-state index contributed by atoms with van der Waals surface area (Å²) in [6.45, 7) is 4.68. The SMILES string of the molecule is CCOC=O.CCc1cncnc1Cl. The molecule has 0 fully saturated rings. The van der Waals surface area contributed by atoms with Gasteiger partial charge in [-0.3, -0.25) is 4.79 Å². The summed E-state index contributed by atoms with van der Waals surface area (Å²) in [5, 5.41) is 0.563. The maximum absolute atomic E-state index is 9.18. The molecule has 1 heterocycles. The summed E-state index contributed by atoms with van der Waals surface area (Å²) in [6, 6.07) is 0. The molecule has 0 amide bonds. The van der Waals surface area contributed by atoms with Gasteiger partial charge < -0.3 is 4.74 Å². The molecule has 0 aliphatic heterocycles. The molecule has 5 heteroatoms. The van der Waals surface area contributed by atoms with Crippen LogP contribution < -0.4 is 0 Å². The number of ether oxygens (including phenoxy) is 1. The minimum atomic E-state index is 0.431. The number of nitrogens with zero attached hydrogens (tertiary/aromatic N) is 2. The Hall–Kier alpha value is -1.16. The van der Waals surface area contributed by atoms with Gasteiger partial charge >= 0.3 is 0 Å². The zero-order valence-electron chi connectivity index (χ0n) is 8.24. The maximum Gasteiger partial charge on any atom is 0.293 e. The lowest BCUT2D eigenvalue weighted by Crippen LogP contribution is -1.86. The largest absolute Gasteiger partial charge is 0.468 e. The van der Waals surface area contributed by atoms with Crippen molar-refractivity contribution in [1.29, 1.82) is 0 Å². The third-order valence-electron chi connectivity index (χ3n) is 1.35. The normalized spacial score (nSPS) is 8.50. The highest BCUT2D eigenvalue weighted by Crippen LogP contribution is 2.09. The van der Waals surface area contributed by atoms with Crippen molar-refractivity contribution in [3.63, 3.8) is 0 Å². The zero-order chi connectivity index (χ0) is 10.8. The highest BCUT2D eigenvalue weighted by molar-refractivity contribution is 6.30. The third kappa shape index (κ3) is 5.48. The average Bonchev–Trinajstić information content (AvgIpc) is 2.21. The van der Waals surface area contributed by atoms with E-state index in [-0.39, 0.29) is 0 Å². The van der Waals surface area contributed by atoms with Gasteiger partial charge in [0.05, 0.1) is 6.61 Å². The molecule has 0 atom stereocenters. The Morgan fingerprint density at radius 3 is 2.57 bits per heavy atom. The van der Waals surface area contributed by atoms with Gasteiger partial charge in [-0.05, 0) is 13.3 Å². The Bertz CT molecular complexity index is 269. The summed E-state index contributed by atoms with van der Waals surface area (Å²) in [7, 11) is 0. The standard InChI is InChI=1S/C6H7ClN2.C3H6O2/c1-2-5-3-8-4-9-6(5)7;1-2-5-3-4/h3-4H,2H2,1H3;3H,2H2,1H3. The molecular formula is C9H13ClN2O2. The number of hydrogen-bond acceptors (Lipinski definition) is 4. The molecule has 0 aliphatic carbocycles. The van der Waals surface area contributed by atoms with E-state index in [0.717, 1.165) is 12.0 Å². The van der Waals surface area contributed by atoms with Crippen molar-refractivity contribution in [3.05, 3.63) is 23.2 Å². The van der Waals surface area contributed by atoms with Gasteiger partial charge in [0.1, 0.15) is 11.5 Å². The summed E-state index contributed by atoms with van der Waals surface area (Å²) in [4.78, 5) is 16.8. The number of carbonyl (C=O) groups excluding carboxylic acids is 1. The van der Waals surface area contributed by atoms with Gasteiger partial charge in [-0.2, -0.15) is 0 Å². The molecule has 1 aromatic rings. The van der Waals surface area contributed by atoms with E-state index in [1.165, 1.54) is 6.33 Å². The summed E-state index contributed by atoms with van der Waals surface area (Å²) >= 11 is 5.67. The van der Waals surface area contributed by atoms with E-state index < -0.39 is 0 Å². The van der Waals surface area contributed by atoms with Gasteiger partial charge in [-0.1, -0.05) is 18.5 Å². The molecular weight excluding hydrogens is 204 g/mol. The number of aromatic nitrogens is 2. The van der Waals surface area contributed by atoms with Gasteiger partial charge in [0.15, 0.2) is 0 Å². The molecule has 0 aromatic carbocycles. The fourth-order valence-corrected chi connectivity index (χ4v) is 0.875. The molecule has 0 bridgehead atoms. The highest BCUT2D eigenvalue weighted by Gasteiger charge is 1.94. The van der Waals surface area contributed by atoms with Gasteiger partial charge in [0, 0.05) is 11.8 Å². The molecule has 1 rings (SSSR count). The van der Waals surface area contributed by atoms with Crippen LogP contribution in [0.2, 0.25) is 5.15 Å². The number of halogens is 1. The number of rotatable bonds is 3. The van der Waals surface area contributed by atoms with E-state index in [2.05, 4.69) is 14.7 Å². The second-order valence-electron chi connectivity index (χ2n) is 2.24. The molecule has 0 spiro atoms. The second-order valence-corrected chi connectivity index (χ2v) is 2.60. The van der Waals surface area contributed by atoms with Crippen LogP contribution in [-0.4, -0.2) is 23.0 Å². The highest BCUT2D eigenvalue weighted by atomic mass is 35.5. The van der Waals surface area contributed by atoms with E-state index in [1.54, 1.807) is 13.1 Å². The van der Waals surface area contributed by atoms with Crippen molar-refractivity contribution in [1.82, 2.24) is 9.97 Å². The van der Waals surface area contributed by atoms with E-state index in [1.807, 2.05) is 6.92 Å². The van der Waals surface area contributed by atoms with Crippen LogP contribution in [0.5, 0.6) is 0 Å². The summed E-state index contributed by atoms with van der Waals surface area (Å²) in [6.07, 6.45) is 4.07. The fraction of sp³-hybridized carbons (Fsp3) is 0.444. The fourth-order valence-electron chi connectivity index (χ4n) is 0.649. The van der Waals surface area contributed by atoms with Gasteiger partial charge in [0.25, 0.3) is 6.47 Å². The predicted octanol–water partition coefficient (Wildman–Crippen LogP) is 1.87. The molecule has 0 saturated carbocycles. The van der Waals surface area contributed by atoms with Crippen molar-refractivity contribution in [2.75, 3.05) is 6.61 Å². The molecule has 78 valence electrons. The lowest BCUT2D eigenvalue weighted by molar-refractivity contribution is -0.128. The summed E-state index contributed by atoms with van der Waals surface area (Å²) in [5.41, 5.74) is 0.999. The Kier molecular flexibility index (Phi) is 7.74. The predicted molar refractivity (Wildman–Crippen MR) is 54.1 cm³/mol. The molecule has 14 heavy (non-hydrogen) atoms. The van der Waals surface area contributed by atoms with Crippen LogP contribution in [0.1, 0.15) is 19.4 Å². The molecule has 4 nitrogen and oxygen atoms in total. The van der Waals surface area contributed by atoms with Crippen molar-refractivity contribution >= 4 is 18.1 Å². The number of carbonyl (C=O) groups is 1. The Morgan fingerprint density at radius 1 is 1.57 bits per heavy atom. The van der Waals surface area contributed by atoms with Crippen LogP contribution in [0.3, 0.4) is 0 Å². The Balaban J connectivity index is 0.000000292. The topological polar surface area (TPSA) is 52.1 Å². The third-order valence-corrected chi connectivity index (χ3v) is 1.69. The number of aryl methyl sites for hydroxylation is 1. The number of hydrogen-bond donors (Lipinski definition) is 0. The van der Waals surface area contributed by atoms with Crippen LogP contribution in [0.15, 0.2) is 12.5 Å². The molecule has 0 N–H and O–H groups in total. The van der Waals surface area contributed by atoms with E-state index in [4.69, 9.17) is 11.6 Å². The molecule has 0 saturated heterocycles. The minimum absolute atomic E-state index is 0.431. The first-order valence-corrected chi connectivity index (χ1v) is 4.63. The van der Waals surface area contributed by atoms with Gasteiger partial charge in [-0.25, -0.2) is 9.97 Å². The van der Waals surface area contributed by atoms with Crippen molar-refractivity contribution in [3.8, 4) is 0 Å². The zero-order valence-corrected chi connectivity index (χ0v) is 8.99. The van der Waals surface area contributed by atoms with Crippen LogP contribution in [0.25, 0.3) is 0 Å². The first kappa shape index (κ1) is 12.8. The summed E-state index contributed by atoms with van der Waals surface area (Å²) in [5.74, 6) is 0. The van der Waals surface area contributed by atoms with Crippen LogP contribution in [-0.2, 0) is 16.0 Å². The van der Waals surface area contributed by atoms with Crippen LogP contribution in [0, 0.1) is 0 Å². The average molecular weight is 217 g/mol. The van der Waals surface area contributed by atoms with Crippen LogP contribution in [0.4, 0.5) is 0 Å². The van der Waals surface area contributed by atoms with Crippen molar-refractivity contribution in [2.45, 2.75) is 20.3 Å². The second kappa shape index (κ2) is 8.44. The first-order valence-electron chi connectivity index (χ1n) is 4.25. The summed E-state index contributed by atoms with van der Waals surface area (Å²) < 4.78 is 4.15. The maximum atomic E-state index is 9.18. The van der Waals surface area contributed by atoms with E-state index in [9.17, 15) is 4.79 Å². The van der Waals surface area contributed by atoms with Crippen molar-refractivity contribution < 1.29 is 9.53 Å². The van der Waals surface area contributed by atoms with Gasteiger partial charge in [-0.15, -0.1) is 0 Å². The smallest absolute Gasteiger partial charge is 0.293 e. The lowest BCUT2D eigenvalue weighted by atomic mass is 10.3. The Labute approximate surface area is 88.3 Å². The molecule has 0 unspecified atom stereocenters. The first-order chi connectivity index (χ1) is 6.76. The monoisotopic (exact) mass is 216 g/mol. The van der Waals surface area contributed by atoms with Crippen LogP contribution >= 0.6 is 11.6 Å². The lowest BCUT2D eigenvalue weighted by Gasteiger charge is -1.94. The van der Waals surface area contributed by atoms with E-state index >= 15 is 0 Å². The van der Waals surface area contributed by atoms with Crippen molar-refractivity contribution in [2.24, 2.45) is 0 Å². The molecule has 1 aromatic heterocycles. The molecule has 0 aliphatic rings.